The van der Waals surface area contributed by atoms with Crippen molar-refractivity contribution in [3.05, 3.63) is 88.4 Å². The quantitative estimate of drug-likeness (QED) is 0.167. The number of hydrogen-bond donors (Lipinski definition) is 1. The Labute approximate surface area is 217 Å². The zero-order valence-corrected chi connectivity index (χ0v) is 21.0. The summed E-state index contributed by atoms with van der Waals surface area (Å²) in [7, 11) is 0. The van der Waals surface area contributed by atoms with Crippen LogP contribution in [0.1, 0.15) is 12.5 Å². The van der Waals surface area contributed by atoms with E-state index in [0.717, 1.165) is 17.0 Å². The zero-order chi connectivity index (χ0) is 24.6. The first kappa shape index (κ1) is 24.8. The van der Waals surface area contributed by atoms with Gasteiger partial charge in [-0.25, -0.2) is 5.43 Å². The number of benzene rings is 3. The molecule has 0 saturated carbocycles. The van der Waals surface area contributed by atoms with Crippen molar-refractivity contribution in [1.29, 1.82) is 0 Å². The number of hydrogen-bond acceptors (Lipinski definition) is 6. The van der Waals surface area contributed by atoms with Crippen LogP contribution in [-0.4, -0.2) is 39.2 Å². The molecule has 4 rings (SSSR count). The molecular weight excluding hydrogens is 505 g/mol. The lowest BCUT2D eigenvalue weighted by Gasteiger charge is -2.11. The largest absolute Gasteiger partial charge is 0.494 e. The van der Waals surface area contributed by atoms with Crippen molar-refractivity contribution in [2.24, 2.45) is 5.10 Å². The molecule has 1 amide bonds. The van der Waals surface area contributed by atoms with Gasteiger partial charge in [-0.2, -0.15) is 5.10 Å². The highest BCUT2D eigenvalue weighted by molar-refractivity contribution is 7.99. The first-order valence-corrected chi connectivity index (χ1v) is 12.4. The van der Waals surface area contributed by atoms with Gasteiger partial charge in [0.1, 0.15) is 5.75 Å². The number of carbonyl (C=O) groups excluding carboxylic acids is 1. The second-order valence-corrected chi connectivity index (χ2v) is 8.91. The van der Waals surface area contributed by atoms with Crippen LogP contribution >= 0.6 is 35.0 Å². The number of halogens is 2. The molecule has 0 aliphatic rings. The van der Waals surface area contributed by atoms with Gasteiger partial charge in [0, 0.05) is 16.8 Å². The third-order valence-electron chi connectivity index (χ3n) is 4.79. The van der Waals surface area contributed by atoms with Gasteiger partial charge in [-0.3, -0.25) is 9.36 Å². The molecule has 0 radical (unpaired) electrons. The SMILES string of the molecule is CCOc1ccc(-n2c(SCC(=O)N/N=C/c3c(Cl)cccc3Cl)nnc2-c2ccccc2)cc1. The number of aromatic nitrogens is 3. The smallest absolute Gasteiger partial charge is 0.250 e. The zero-order valence-electron chi connectivity index (χ0n) is 18.7. The normalized spacial score (nSPS) is 11.1. The highest BCUT2D eigenvalue weighted by atomic mass is 35.5. The molecule has 0 fully saturated rings. The molecule has 0 saturated heterocycles. The first-order valence-electron chi connectivity index (χ1n) is 10.7. The number of hydrazone groups is 1. The molecule has 1 N–H and O–H groups in total. The molecule has 0 bridgehead atoms. The topological polar surface area (TPSA) is 81.4 Å². The van der Waals surface area contributed by atoms with E-state index >= 15 is 0 Å². The van der Waals surface area contributed by atoms with E-state index in [9.17, 15) is 4.79 Å². The van der Waals surface area contributed by atoms with Crippen molar-refractivity contribution in [1.82, 2.24) is 20.2 Å². The number of rotatable bonds is 9. The maximum Gasteiger partial charge on any atom is 0.250 e. The van der Waals surface area contributed by atoms with Gasteiger partial charge in [-0.15, -0.1) is 10.2 Å². The number of amides is 1. The standard InChI is InChI=1S/C25H21Cl2N5O2S/c1-2-34-19-13-11-18(12-14-19)32-24(17-7-4-3-5-8-17)30-31-25(32)35-16-23(33)29-28-15-20-21(26)9-6-10-22(20)27/h3-15H,2,16H2,1H3,(H,29,33)/b28-15+. The highest BCUT2D eigenvalue weighted by Gasteiger charge is 2.17. The van der Waals surface area contributed by atoms with Gasteiger partial charge in [-0.05, 0) is 43.3 Å². The number of thioether (sulfide) groups is 1. The Bertz CT molecular complexity index is 1310. The predicted octanol–water partition coefficient (Wildman–Crippen LogP) is 5.88. The van der Waals surface area contributed by atoms with E-state index in [1.807, 2.05) is 66.1 Å². The van der Waals surface area contributed by atoms with Crippen LogP contribution in [0.3, 0.4) is 0 Å². The van der Waals surface area contributed by atoms with E-state index in [2.05, 4.69) is 20.7 Å². The summed E-state index contributed by atoms with van der Waals surface area (Å²) in [5, 5.41) is 14.2. The molecule has 35 heavy (non-hydrogen) atoms. The maximum absolute atomic E-state index is 12.4. The van der Waals surface area contributed by atoms with E-state index in [4.69, 9.17) is 27.9 Å². The molecule has 4 aromatic rings. The van der Waals surface area contributed by atoms with Gasteiger partial charge in [0.2, 0.25) is 0 Å². The number of carbonyl (C=O) groups is 1. The van der Waals surface area contributed by atoms with Crippen molar-refractivity contribution in [2.45, 2.75) is 12.1 Å². The Balaban J connectivity index is 1.52. The predicted molar refractivity (Wildman–Crippen MR) is 141 cm³/mol. The number of ether oxygens (including phenoxy) is 1. The van der Waals surface area contributed by atoms with Gasteiger partial charge >= 0.3 is 0 Å². The molecule has 1 aromatic heterocycles. The average Bonchev–Trinajstić information content (AvgIpc) is 3.30. The van der Waals surface area contributed by atoms with Crippen LogP contribution < -0.4 is 10.2 Å². The lowest BCUT2D eigenvalue weighted by atomic mass is 10.2. The molecule has 7 nitrogen and oxygen atoms in total. The third-order valence-corrected chi connectivity index (χ3v) is 6.37. The van der Waals surface area contributed by atoms with Crippen LogP contribution in [0.5, 0.6) is 5.75 Å². The summed E-state index contributed by atoms with van der Waals surface area (Å²) in [5.74, 6) is 1.22. The summed E-state index contributed by atoms with van der Waals surface area (Å²) in [6.07, 6.45) is 1.42. The van der Waals surface area contributed by atoms with E-state index in [1.54, 1.807) is 18.2 Å². The highest BCUT2D eigenvalue weighted by Crippen LogP contribution is 2.29. The Morgan fingerprint density at radius 1 is 1.03 bits per heavy atom. The van der Waals surface area contributed by atoms with Crippen LogP contribution in [0.15, 0.2) is 83.1 Å². The molecule has 0 atom stereocenters. The summed E-state index contributed by atoms with van der Waals surface area (Å²) in [6.45, 7) is 2.52. The Morgan fingerprint density at radius 3 is 2.43 bits per heavy atom. The van der Waals surface area contributed by atoms with E-state index in [-0.39, 0.29) is 11.7 Å². The van der Waals surface area contributed by atoms with Crippen LogP contribution in [0, 0.1) is 0 Å². The fourth-order valence-electron chi connectivity index (χ4n) is 3.19. The van der Waals surface area contributed by atoms with Crippen LogP contribution in [0.25, 0.3) is 17.1 Å². The van der Waals surface area contributed by atoms with E-state index in [1.165, 1.54) is 18.0 Å². The molecule has 3 aromatic carbocycles. The molecule has 0 aliphatic heterocycles. The van der Waals surface area contributed by atoms with Crippen molar-refractivity contribution < 1.29 is 9.53 Å². The lowest BCUT2D eigenvalue weighted by molar-refractivity contribution is -0.118. The minimum Gasteiger partial charge on any atom is -0.494 e. The molecule has 0 unspecified atom stereocenters. The van der Waals surface area contributed by atoms with E-state index in [0.29, 0.717) is 33.2 Å². The fraction of sp³-hybridized carbons (Fsp3) is 0.120. The molecule has 178 valence electrons. The molecule has 0 aliphatic carbocycles. The Kier molecular flexibility index (Phi) is 8.41. The minimum atomic E-state index is -0.308. The monoisotopic (exact) mass is 525 g/mol. The molecule has 10 heteroatoms. The lowest BCUT2D eigenvalue weighted by Crippen LogP contribution is -2.20. The minimum absolute atomic E-state index is 0.0809. The van der Waals surface area contributed by atoms with Gasteiger partial charge in [0.25, 0.3) is 5.91 Å². The number of nitrogens with zero attached hydrogens (tertiary/aromatic N) is 4. The van der Waals surface area contributed by atoms with Crippen LogP contribution in [0.4, 0.5) is 0 Å². The maximum atomic E-state index is 12.4. The Hall–Kier alpha value is -3.33. The van der Waals surface area contributed by atoms with Gasteiger partial charge in [-0.1, -0.05) is 71.4 Å². The summed E-state index contributed by atoms with van der Waals surface area (Å²) in [4.78, 5) is 12.4. The number of nitrogens with one attached hydrogen (secondary N) is 1. The van der Waals surface area contributed by atoms with Crippen molar-refractivity contribution in [3.8, 4) is 22.8 Å². The van der Waals surface area contributed by atoms with Gasteiger partial charge < -0.3 is 4.74 Å². The van der Waals surface area contributed by atoms with Crippen molar-refractivity contribution in [3.63, 3.8) is 0 Å². The van der Waals surface area contributed by atoms with Crippen molar-refractivity contribution >= 4 is 47.1 Å². The summed E-state index contributed by atoms with van der Waals surface area (Å²) >= 11 is 13.5. The van der Waals surface area contributed by atoms with E-state index < -0.39 is 0 Å². The fourth-order valence-corrected chi connectivity index (χ4v) is 4.43. The summed E-state index contributed by atoms with van der Waals surface area (Å²) in [6, 6.07) is 22.5. The summed E-state index contributed by atoms with van der Waals surface area (Å²) in [5.41, 5.74) is 4.79. The molecule has 0 spiro atoms. The average molecular weight is 526 g/mol. The summed E-state index contributed by atoms with van der Waals surface area (Å²) < 4.78 is 7.47. The Morgan fingerprint density at radius 2 is 1.74 bits per heavy atom. The van der Waals surface area contributed by atoms with Crippen LogP contribution in [0.2, 0.25) is 10.0 Å². The first-order chi connectivity index (χ1) is 17.1. The second kappa shape index (κ2) is 11.9. The van der Waals surface area contributed by atoms with Crippen LogP contribution in [-0.2, 0) is 4.79 Å². The van der Waals surface area contributed by atoms with Gasteiger partial charge in [0.15, 0.2) is 11.0 Å². The third kappa shape index (κ3) is 6.22. The van der Waals surface area contributed by atoms with Gasteiger partial charge in [0.05, 0.1) is 28.6 Å². The molecule has 1 heterocycles. The second-order valence-electron chi connectivity index (χ2n) is 7.15. The molecular formula is C25H21Cl2N5O2S. The van der Waals surface area contributed by atoms with Crippen molar-refractivity contribution in [2.75, 3.05) is 12.4 Å².